The molecule has 0 fully saturated rings. The molecule has 0 amide bonds. The summed E-state index contributed by atoms with van der Waals surface area (Å²) in [6, 6.07) is 6.63. The highest BCUT2D eigenvalue weighted by Crippen LogP contribution is 2.12. The van der Waals surface area contributed by atoms with Gasteiger partial charge < -0.3 is 0 Å². The summed E-state index contributed by atoms with van der Waals surface area (Å²) >= 11 is 0. The van der Waals surface area contributed by atoms with Gasteiger partial charge in [-0.25, -0.2) is 4.79 Å². The van der Waals surface area contributed by atoms with Crippen molar-refractivity contribution in [2.45, 2.75) is 27.3 Å². The zero-order valence-electron chi connectivity index (χ0n) is 11.7. The molecule has 2 rings (SSSR count). The van der Waals surface area contributed by atoms with Gasteiger partial charge in [0.05, 0.1) is 5.69 Å². The SMILES string of the molecule is CCn1c(C(=O)c2cc(C)cc(C)c2)cc(=O)[nH]c1=O. The number of hydrogen-bond acceptors (Lipinski definition) is 3. The Balaban J connectivity index is 2.64. The molecule has 5 heteroatoms. The van der Waals surface area contributed by atoms with Crippen molar-refractivity contribution in [3.05, 3.63) is 67.5 Å². The fourth-order valence-electron chi connectivity index (χ4n) is 2.28. The van der Waals surface area contributed by atoms with E-state index in [0.29, 0.717) is 12.1 Å². The minimum atomic E-state index is -0.563. The molecule has 0 spiro atoms. The molecule has 104 valence electrons. The number of H-pyrrole nitrogens is 1. The predicted molar refractivity (Wildman–Crippen MR) is 76.3 cm³/mol. The van der Waals surface area contributed by atoms with E-state index in [1.54, 1.807) is 19.1 Å². The number of nitrogens with one attached hydrogen (secondary N) is 1. The van der Waals surface area contributed by atoms with E-state index in [2.05, 4.69) is 4.98 Å². The summed E-state index contributed by atoms with van der Waals surface area (Å²) in [7, 11) is 0. The molecule has 2 aromatic rings. The topological polar surface area (TPSA) is 71.9 Å². The molecule has 5 nitrogen and oxygen atoms in total. The molecule has 0 saturated heterocycles. The van der Waals surface area contributed by atoms with E-state index in [9.17, 15) is 14.4 Å². The van der Waals surface area contributed by atoms with Crippen molar-refractivity contribution in [2.24, 2.45) is 0 Å². The number of hydrogen-bond donors (Lipinski definition) is 1. The van der Waals surface area contributed by atoms with Gasteiger partial charge in [-0.1, -0.05) is 17.2 Å². The molecule has 1 heterocycles. The van der Waals surface area contributed by atoms with Gasteiger partial charge in [-0.15, -0.1) is 0 Å². The van der Waals surface area contributed by atoms with Crippen molar-refractivity contribution in [2.75, 3.05) is 0 Å². The third-order valence-electron chi connectivity index (χ3n) is 3.07. The third-order valence-corrected chi connectivity index (χ3v) is 3.07. The fourth-order valence-corrected chi connectivity index (χ4v) is 2.28. The lowest BCUT2D eigenvalue weighted by atomic mass is 10.0. The standard InChI is InChI=1S/C15H16N2O3/c1-4-17-12(8-13(18)16-15(17)20)14(19)11-6-9(2)5-10(3)7-11/h5-8H,4H2,1-3H3,(H,16,18,20). The van der Waals surface area contributed by atoms with Gasteiger partial charge in [0, 0.05) is 18.2 Å². The van der Waals surface area contributed by atoms with Gasteiger partial charge in [-0.05, 0) is 32.9 Å². The summed E-state index contributed by atoms with van der Waals surface area (Å²) in [5.74, 6) is -0.318. The number of rotatable bonds is 3. The molecule has 0 atom stereocenters. The van der Waals surface area contributed by atoms with Gasteiger partial charge >= 0.3 is 5.69 Å². The van der Waals surface area contributed by atoms with Crippen LogP contribution in [0.1, 0.15) is 34.1 Å². The van der Waals surface area contributed by atoms with E-state index in [-0.39, 0.29) is 11.5 Å². The number of carbonyl (C=O) groups is 1. The van der Waals surface area contributed by atoms with Crippen LogP contribution in [-0.4, -0.2) is 15.3 Å². The largest absolute Gasteiger partial charge is 0.328 e. The van der Waals surface area contributed by atoms with E-state index in [1.165, 1.54) is 10.6 Å². The summed E-state index contributed by atoms with van der Waals surface area (Å²) in [4.78, 5) is 37.8. The first-order valence-electron chi connectivity index (χ1n) is 6.39. The predicted octanol–water partition coefficient (Wildman–Crippen LogP) is 1.40. The second kappa shape index (κ2) is 5.28. The molecule has 0 aliphatic heterocycles. The van der Waals surface area contributed by atoms with E-state index >= 15 is 0 Å². The maximum Gasteiger partial charge on any atom is 0.328 e. The summed E-state index contributed by atoms with van der Waals surface area (Å²) in [5.41, 5.74) is 1.40. The Morgan fingerprint density at radius 2 is 1.70 bits per heavy atom. The van der Waals surface area contributed by atoms with Crippen LogP contribution in [-0.2, 0) is 6.54 Å². The molecule has 1 aromatic carbocycles. The average molecular weight is 272 g/mol. The summed E-state index contributed by atoms with van der Waals surface area (Å²) in [6.45, 7) is 5.86. The first kappa shape index (κ1) is 14.0. The maximum atomic E-state index is 12.5. The quantitative estimate of drug-likeness (QED) is 0.858. The molecule has 1 N–H and O–H groups in total. The summed E-state index contributed by atoms with van der Waals surface area (Å²) in [6.07, 6.45) is 0. The molecule has 0 aliphatic carbocycles. The van der Waals surface area contributed by atoms with Crippen LogP contribution in [0.5, 0.6) is 0 Å². The molecule has 0 aliphatic rings. The second-order valence-corrected chi connectivity index (χ2v) is 4.77. The van der Waals surface area contributed by atoms with E-state index in [0.717, 1.165) is 11.1 Å². The second-order valence-electron chi connectivity index (χ2n) is 4.77. The average Bonchev–Trinajstić information content (AvgIpc) is 2.35. The number of carbonyl (C=O) groups excluding carboxylic acids is 1. The Morgan fingerprint density at radius 1 is 1.10 bits per heavy atom. The van der Waals surface area contributed by atoms with Gasteiger partial charge in [0.1, 0.15) is 0 Å². The van der Waals surface area contributed by atoms with Gasteiger partial charge in [0.2, 0.25) is 5.78 Å². The minimum Gasteiger partial charge on any atom is -0.290 e. The normalized spacial score (nSPS) is 10.6. The Kier molecular flexibility index (Phi) is 3.70. The van der Waals surface area contributed by atoms with Crippen LogP contribution in [0.2, 0.25) is 0 Å². The van der Waals surface area contributed by atoms with Crippen LogP contribution < -0.4 is 11.2 Å². The van der Waals surface area contributed by atoms with Crippen molar-refractivity contribution >= 4 is 5.78 Å². The highest BCUT2D eigenvalue weighted by Gasteiger charge is 2.15. The molecular weight excluding hydrogens is 256 g/mol. The summed E-state index contributed by atoms with van der Waals surface area (Å²) in [5, 5.41) is 0. The molecule has 0 saturated carbocycles. The lowest BCUT2D eigenvalue weighted by Crippen LogP contribution is -2.33. The monoisotopic (exact) mass is 272 g/mol. The van der Waals surface area contributed by atoms with Crippen LogP contribution >= 0.6 is 0 Å². The molecular formula is C15H16N2O3. The van der Waals surface area contributed by atoms with Crippen LogP contribution in [0, 0.1) is 13.8 Å². The lowest BCUT2D eigenvalue weighted by Gasteiger charge is -2.09. The van der Waals surface area contributed by atoms with Crippen LogP contribution in [0.25, 0.3) is 0 Å². The number of nitrogens with zero attached hydrogens (tertiary/aromatic N) is 1. The summed E-state index contributed by atoms with van der Waals surface area (Å²) < 4.78 is 1.27. The zero-order valence-corrected chi connectivity index (χ0v) is 11.7. The fraction of sp³-hybridized carbons (Fsp3) is 0.267. The van der Waals surface area contributed by atoms with Crippen LogP contribution in [0.3, 0.4) is 0 Å². The smallest absolute Gasteiger partial charge is 0.290 e. The van der Waals surface area contributed by atoms with Crippen LogP contribution in [0.15, 0.2) is 33.9 Å². The van der Waals surface area contributed by atoms with Crippen molar-refractivity contribution < 1.29 is 4.79 Å². The molecule has 1 aromatic heterocycles. The van der Waals surface area contributed by atoms with Gasteiger partial charge in [0.25, 0.3) is 5.56 Å². The van der Waals surface area contributed by atoms with Gasteiger partial charge in [-0.3, -0.25) is 19.1 Å². The highest BCUT2D eigenvalue weighted by molar-refractivity contribution is 6.08. The Hall–Kier alpha value is -2.43. The van der Waals surface area contributed by atoms with Gasteiger partial charge in [0.15, 0.2) is 0 Å². The third kappa shape index (κ3) is 2.61. The van der Waals surface area contributed by atoms with E-state index in [4.69, 9.17) is 0 Å². The number of aromatic amines is 1. The number of benzene rings is 1. The van der Waals surface area contributed by atoms with E-state index in [1.807, 2.05) is 19.9 Å². The van der Waals surface area contributed by atoms with Crippen molar-refractivity contribution in [3.8, 4) is 0 Å². The van der Waals surface area contributed by atoms with E-state index < -0.39 is 11.2 Å². The molecule has 0 unspecified atom stereocenters. The Bertz CT molecular complexity index is 764. The highest BCUT2D eigenvalue weighted by atomic mass is 16.2. The maximum absolute atomic E-state index is 12.5. The number of aryl methyl sites for hydroxylation is 2. The number of ketones is 1. The van der Waals surface area contributed by atoms with Gasteiger partial charge in [-0.2, -0.15) is 0 Å². The number of aromatic nitrogens is 2. The molecule has 0 radical (unpaired) electrons. The first-order valence-corrected chi connectivity index (χ1v) is 6.39. The Labute approximate surface area is 115 Å². The van der Waals surface area contributed by atoms with Crippen molar-refractivity contribution in [1.29, 1.82) is 0 Å². The zero-order chi connectivity index (χ0) is 14.9. The Morgan fingerprint density at radius 3 is 2.25 bits per heavy atom. The lowest BCUT2D eigenvalue weighted by molar-refractivity contribution is 0.102. The van der Waals surface area contributed by atoms with Crippen LogP contribution in [0.4, 0.5) is 0 Å². The first-order chi connectivity index (χ1) is 9.42. The minimum absolute atomic E-state index is 0.117. The molecule has 20 heavy (non-hydrogen) atoms. The molecule has 0 bridgehead atoms. The van der Waals surface area contributed by atoms with Crippen molar-refractivity contribution in [3.63, 3.8) is 0 Å². The van der Waals surface area contributed by atoms with Crippen molar-refractivity contribution in [1.82, 2.24) is 9.55 Å².